The first-order chi connectivity index (χ1) is 14.7. The summed E-state index contributed by atoms with van der Waals surface area (Å²) in [5.41, 5.74) is -0.252. The molecular weight excluding hydrogens is 384 g/mol. The topological polar surface area (TPSA) is 122 Å². The lowest BCUT2D eigenvalue weighted by molar-refractivity contribution is 0.0951. The van der Waals surface area contributed by atoms with Crippen molar-refractivity contribution < 1.29 is 9.21 Å². The molecule has 0 unspecified atom stereocenters. The normalized spacial score (nSPS) is 10.5. The van der Waals surface area contributed by atoms with Crippen LogP contribution in [0.25, 0.3) is 11.0 Å². The number of nitrogens with one attached hydrogen (secondary N) is 3. The van der Waals surface area contributed by atoms with Crippen LogP contribution in [-0.4, -0.2) is 33.9 Å². The van der Waals surface area contributed by atoms with Crippen molar-refractivity contribution in [3.8, 4) is 0 Å². The maximum Gasteiger partial charge on any atom is 0.349 e. The summed E-state index contributed by atoms with van der Waals surface area (Å²) in [5, 5.41) is 9.56. The van der Waals surface area contributed by atoms with Gasteiger partial charge in [-0.15, -0.1) is 0 Å². The number of benzene rings is 1. The fourth-order valence-corrected chi connectivity index (χ4v) is 2.77. The number of carbonyl (C=O) groups is 1. The Morgan fingerprint density at radius 1 is 0.900 bits per heavy atom. The van der Waals surface area contributed by atoms with E-state index in [-0.39, 0.29) is 12.1 Å². The molecule has 3 aromatic heterocycles. The van der Waals surface area contributed by atoms with E-state index in [1.54, 1.807) is 30.5 Å². The van der Waals surface area contributed by atoms with Gasteiger partial charge in [0, 0.05) is 30.7 Å². The average molecular weight is 402 g/mol. The molecule has 4 aromatic rings. The van der Waals surface area contributed by atoms with E-state index in [9.17, 15) is 9.59 Å². The molecule has 1 aromatic carbocycles. The molecular formula is C21H18N6O3. The van der Waals surface area contributed by atoms with Crippen molar-refractivity contribution in [2.75, 3.05) is 23.7 Å². The van der Waals surface area contributed by atoms with Crippen LogP contribution in [0.1, 0.15) is 10.4 Å². The first kappa shape index (κ1) is 19.1. The lowest BCUT2D eigenvalue weighted by atomic mass is 10.2. The van der Waals surface area contributed by atoms with Crippen LogP contribution in [-0.2, 0) is 0 Å². The van der Waals surface area contributed by atoms with Crippen molar-refractivity contribution >= 4 is 34.3 Å². The van der Waals surface area contributed by atoms with Gasteiger partial charge in [0.15, 0.2) is 0 Å². The molecule has 0 fully saturated rings. The third-order valence-electron chi connectivity index (χ3n) is 4.19. The largest absolute Gasteiger partial charge is 0.422 e. The Morgan fingerprint density at radius 3 is 2.60 bits per heavy atom. The third kappa shape index (κ3) is 4.58. The molecule has 0 aliphatic rings. The van der Waals surface area contributed by atoms with Gasteiger partial charge < -0.3 is 20.4 Å². The number of fused-ring (bicyclic) bond motifs is 1. The molecule has 0 bridgehead atoms. The Hall–Kier alpha value is -4.27. The first-order valence-corrected chi connectivity index (χ1v) is 9.24. The van der Waals surface area contributed by atoms with Gasteiger partial charge in [0.1, 0.15) is 34.9 Å². The molecule has 0 spiro atoms. The van der Waals surface area contributed by atoms with Crippen LogP contribution >= 0.6 is 0 Å². The quantitative estimate of drug-likeness (QED) is 0.318. The molecule has 150 valence electrons. The van der Waals surface area contributed by atoms with Crippen LogP contribution in [0.2, 0.25) is 0 Å². The highest BCUT2D eigenvalue weighted by Crippen LogP contribution is 2.14. The van der Waals surface area contributed by atoms with E-state index >= 15 is 0 Å². The van der Waals surface area contributed by atoms with Crippen molar-refractivity contribution in [3.63, 3.8) is 0 Å². The molecule has 0 radical (unpaired) electrons. The van der Waals surface area contributed by atoms with E-state index in [4.69, 9.17) is 4.42 Å². The first-order valence-electron chi connectivity index (χ1n) is 9.24. The molecule has 0 atom stereocenters. The minimum absolute atomic E-state index is 0.0300. The highest BCUT2D eigenvalue weighted by Gasteiger charge is 2.13. The summed E-state index contributed by atoms with van der Waals surface area (Å²) >= 11 is 0. The van der Waals surface area contributed by atoms with Crippen molar-refractivity contribution in [3.05, 3.63) is 83.1 Å². The van der Waals surface area contributed by atoms with Crippen molar-refractivity contribution in [2.45, 2.75) is 0 Å². The molecule has 9 heteroatoms. The fraction of sp³-hybridized carbons (Fsp3) is 0.0952. The molecule has 0 aliphatic heterocycles. The predicted octanol–water partition coefficient (Wildman–Crippen LogP) is 2.56. The molecule has 0 aliphatic carbocycles. The van der Waals surface area contributed by atoms with E-state index in [1.165, 1.54) is 12.4 Å². The summed E-state index contributed by atoms with van der Waals surface area (Å²) in [6.45, 7) is 0.697. The Bertz CT molecular complexity index is 1230. The maximum absolute atomic E-state index is 12.3. The van der Waals surface area contributed by atoms with Gasteiger partial charge >= 0.3 is 5.63 Å². The summed E-state index contributed by atoms with van der Waals surface area (Å²) in [6.07, 6.45) is 3.11. The van der Waals surface area contributed by atoms with Gasteiger partial charge in [-0.25, -0.2) is 19.7 Å². The summed E-state index contributed by atoms with van der Waals surface area (Å²) in [4.78, 5) is 36.9. The van der Waals surface area contributed by atoms with E-state index < -0.39 is 11.5 Å². The number of rotatable bonds is 7. The molecule has 4 rings (SSSR count). The zero-order valence-electron chi connectivity index (χ0n) is 15.8. The summed E-state index contributed by atoms with van der Waals surface area (Å²) < 4.78 is 5.19. The maximum atomic E-state index is 12.3. The zero-order valence-corrected chi connectivity index (χ0v) is 15.8. The van der Waals surface area contributed by atoms with Crippen LogP contribution < -0.4 is 21.6 Å². The number of aromatic nitrogens is 3. The SMILES string of the molecule is O=C(NCCNc1cc(Nc2ccccn2)ncn1)c1cc2ccccc2oc1=O. The molecule has 3 heterocycles. The number of para-hydroxylation sites is 1. The van der Waals surface area contributed by atoms with Crippen molar-refractivity contribution in [1.29, 1.82) is 0 Å². The number of anilines is 3. The number of amides is 1. The second kappa shape index (κ2) is 8.82. The number of carbonyl (C=O) groups excluding carboxylic acids is 1. The fourth-order valence-electron chi connectivity index (χ4n) is 2.77. The van der Waals surface area contributed by atoms with Gasteiger partial charge in [-0.2, -0.15) is 0 Å². The average Bonchev–Trinajstić information content (AvgIpc) is 2.77. The van der Waals surface area contributed by atoms with Crippen LogP contribution in [0.15, 0.2) is 76.3 Å². The van der Waals surface area contributed by atoms with Crippen molar-refractivity contribution in [1.82, 2.24) is 20.3 Å². The van der Waals surface area contributed by atoms with Gasteiger partial charge in [-0.05, 0) is 24.3 Å². The Morgan fingerprint density at radius 2 is 1.73 bits per heavy atom. The summed E-state index contributed by atoms with van der Waals surface area (Å²) in [5.74, 6) is 1.35. The standard InChI is InChI=1S/C21H18N6O3/c28-20(15-11-14-5-1-2-6-16(14)30-21(15)29)24-10-9-23-18-12-19(26-13-25-18)27-17-7-3-4-8-22-17/h1-8,11-13H,9-10H2,(H,24,28)(H2,22,23,25,26,27). The molecule has 0 saturated heterocycles. The zero-order chi connectivity index (χ0) is 20.8. The van der Waals surface area contributed by atoms with Crippen LogP contribution in [0, 0.1) is 0 Å². The molecule has 9 nitrogen and oxygen atoms in total. The number of pyridine rings is 1. The van der Waals surface area contributed by atoms with Gasteiger partial charge in [0.25, 0.3) is 5.91 Å². The highest BCUT2D eigenvalue weighted by molar-refractivity contribution is 5.96. The van der Waals surface area contributed by atoms with Gasteiger partial charge in [-0.3, -0.25) is 4.79 Å². The van der Waals surface area contributed by atoms with E-state index in [0.29, 0.717) is 35.0 Å². The highest BCUT2D eigenvalue weighted by atomic mass is 16.4. The number of hydrogen-bond donors (Lipinski definition) is 3. The van der Waals surface area contributed by atoms with E-state index in [2.05, 4.69) is 30.9 Å². The van der Waals surface area contributed by atoms with Gasteiger partial charge in [-0.1, -0.05) is 24.3 Å². The van der Waals surface area contributed by atoms with Gasteiger partial charge in [0.05, 0.1) is 0 Å². The minimum atomic E-state index is -0.666. The van der Waals surface area contributed by atoms with Gasteiger partial charge in [0.2, 0.25) is 0 Å². The number of nitrogens with zero attached hydrogens (tertiary/aromatic N) is 3. The van der Waals surface area contributed by atoms with Crippen LogP contribution in [0.5, 0.6) is 0 Å². The lowest BCUT2D eigenvalue weighted by Gasteiger charge is -2.09. The predicted molar refractivity (Wildman–Crippen MR) is 113 cm³/mol. The minimum Gasteiger partial charge on any atom is -0.422 e. The Labute approximate surface area is 171 Å². The van der Waals surface area contributed by atoms with Crippen LogP contribution in [0.4, 0.5) is 17.5 Å². The van der Waals surface area contributed by atoms with Crippen molar-refractivity contribution in [2.24, 2.45) is 0 Å². The Balaban J connectivity index is 1.32. The molecule has 0 saturated carbocycles. The van der Waals surface area contributed by atoms with E-state index in [1.807, 2.05) is 24.3 Å². The summed E-state index contributed by atoms with van der Waals surface area (Å²) in [7, 11) is 0. The number of hydrogen-bond acceptors (Lipinski definition) is 8. The van der Waals surface area contributed by atoms with E-state index in [0.717, 1.165) is 0 Å². The molecule has 1 amide bonds. The Kier molecular flexibility index (Phi) is 5.61. The second-order valence-electron chi connectivity index (χ2n) is 6.30. The third-order valence-corrected chi connectivity index (χ3v) is 4.19. The summed E-state index contributed by atoms with van der Waals surface area (Å²) in [6, 6.07) is 15.8. The lowest BCUT2D eigenvalue weighted by Crippen LogP contribution is -2.32. The molecule has 3 N–H and O–H groups in total. The second-order valence-corrected chi connectivity index (χ2v) is 6.30. The smallest absolute Gasteiger partial charge is 0.349 e. The monoisotopic (exact) mass is 402 g/mol. The van der Waals surface area contributed by atoms with Crippen LogP contribution in [0.3, 0.4) is 0 Å². The molecule has 30 heavy (non-hydrogen) atoms.